The van der Waals surface area contributed by atoms with Gasteiger partial charge in [-0.1, -0.05) is 77.8 Å². The summed E-state index contributed by atoms with van der Waals surface area (Å²) in [6.45, 7) is 18.1. The average Bonchev–Trinajstić information content (AvgIpc) is 3.30. The summed E-state index contributed by atoms with van der Waals surface area (Å²) >= 11 is 6.00. The van der Waals surface area contributed by atoms with Gasteiger partial charge in [-0.25, -0.2) is 0 Å². The van der Waals surface area contributed by atoms with E-state index >= 15 is 0 Å². The fraction of sp³-hybridized carbons (Fsp3) is 0.714. The van der Waals surface area contributed by atoms with Gasteiger partial charge in [-0.15, -0.1) is 0 Å². The molecule has 0 aromatic heterocycles. The molecule has 1 aromatic carbocycles. The zero-order valence-electron chi connectivity index (χ0n) is 31.1. The summed E-state index contributed by atoms with van der Waals surface area (Å²) in [5.74, 6) is 1.23. The second-order valence-electron chi connectivity index (χ2n) is 18.2. The Kier molecular flexibility index (Phi) is 9.37. The number of hydrogen-bond donors (Lipinski definition) is 1. The summed E-state index contributed by atoms with van der Waals surface area (Å²) in [5.41, 5.74) is 2.82. The Balaban J connectivity index is 1.25. The van der Waals surface area contributed by atoms with Crippen molar-refractivity contribution in [2.45, 2.75) is 132 Å². The van der Waals surface area contributed by atoms with Crippen molar-refractivity contribution in [3.05, 3.63) is 46.0 Å². The maximum absolute atomic E-state index is 13.9. The number of halogens is 1. The van der Waals surface area contributed by atoms with Crippen LogP contribution in [0.15, 0.2) is 35.4 Å². The minimum atomic E-state index is -0.474. The van der Waals surface area contributed by atoms with E-state index in [9.17, 15) is 19.2 Å². The van der Waals surface area contributed by atoms with Gasteiger partial charge in [0, 0.05) is 42.0 Å². The third kappa shape index (κ3) is 5.84. The van der Waals surface area contributed by atoms with Crippen molar-refractivity contribution < 1.29 is 23.9 Å². The predicted octanol–water partition coefficient (Wildman–Crippen LogP) is 8.87. The Morgan fingerprint density at radius 1 is 0.898 bits per heavy atom. The minimum absolute atomic E-state index is 0.00931. The van der Waals surface area contributed by atoms with Crippen LogP contribution in [0.25, 0.3) is 0 Å². The molecule has 0 unspecified atom stereocenters. The first kappa shape index (κ1) is 36.3. The lowest BCUT2D eigenvalue weighted by atomic mass is 9.33. The first-order valence-corrected chi connectivity index (χ1v) is 19.2. The maximum atomic E-state index is 13.9. The zero-order chi connectivity index (χ0) is 35.7. The van der Waals surface area contributed by atoms with Crippen molar-refractivity contribution in [1.29, 1.82) is 0 Å². The van der Waals surface area contributed by atoms with Crippen LogP contribution in [-0.4, -0.2) is 36.1 Å². The first-order valence-electron chi connectivity index (χ1n) is 18.9. The monoisotopic (exact) mass is 691 g/mol. The van der Waals surface area contributed by atoms with Crippen LogP contribution in [0, 0.1) is 50.7 Å². The number of carbonyl (C=O) groups excluding carboxylic acids is 4. The number of amides is 1. The molecule has 7 heteroatoms. The first-order chi connectivity index (χ1) is 22.9. The molecule has 0 heterocycles. The van der Waals surface area contributed by atoms with Crippen LogP contribution < -0.4 is 5.32 Å². The molecule has 6 rings (SSSR count). The number of nitrogens with one attached hydrogen (secondary N) is 1. The molecule has 1 aromatic rings. The molecule has 0 radical (unpaired) electrons. The van der Waals surface area contributed by atoms with Crippen LogP contribution in [-0.2, 0) is 30.3 Å². The van der Waals surface area contributed by atoms with Crippen molar-refractivity contribution in [3.63, 3.8) is 0 Å². The number of allylic oxidation sites excluding steroid dienone is 2. The molecule has 1 amide bonds. The fourth-order valence-corrected chi connectivity index (χ4v) is 12.9. The second kappa shape index (κ2) is 12.6. The average molecular weight is 692 g/mol. The van der Waals surface area contributed by atoms with Crippen LogP contribution in [0.2, 0.25) is 5.02 Å². The Morgan fingerprint density at radius 2 is 1.59 bits per heavy atom. The molecule has 5 aliphatic rings. The molecule has 8 atom stereocenters. The molecule has 1 N–H and O–H groups in total. The Bertz CT molecular complexity index is 1560. The summed E-state index contributed by atoms with van der Waals surface area (Å²) in [5, 5.41) is 3.57. The zero-order valence-corrected chi connectivity index (χ0v) is 31.9. The van der Waals surface area contributed by atoms with Gasteiger partial charge in [0.2, 0.25) is 5.91 Å². The maximum Gasteiger partial charge on any atom is 0.302 e. The number of rotatable bonds is 8. The molecule has 0 spiro atoms. The van der Waals surface area contributed by atoms with Crippen LogP contribution in [0.3, 0.4) is 0 Å². The number of hydrogen-bond acceptors (Lipinski definition) is 5. The van der Waals surface area contributed by atoms with Gasteiger partial charge < -0.3 is 10.1 Å². The molecule has 6 nitrogen and oxygen atoms in total. The summed E-state index contributed by atoms with van der Waals surface area (Å²) < 4.78 is 5.93. The second-order valence-corrected chi connectivity index (χ2v) is 18.7. The van der Waals surface area contributed by atoms with E-state index in [0.29, 0.717) is 23.3 Å². The normalized spacial score (nSPS) is 37.9. The van der Waals surface area contributed by atoms with Crippen molar-refractivity contribution in [2.75, 3.05) is 6.54 Å². The van der Waals surface area contributed by atoms with Crippen molar-refractivity contribution in [1.82, 2.24) is 5.32 Å². The highest BCUT2D eigenvalue weighted by molar-refractivity contribution is 6.30. The third-order valence-corrected chi connectivity index (χ3v) is 15.4. The molecule has 4 saturated carbocycles. The number of ketones is 2. The number of ether oxygens (including phenoxy) is 1. The largest absolute Gasteiger partial charge is 0.462 e. The van der Waals surface area contributed by atoms with Gasteiger partial charge in [-0.3, -0.25) is 19.2 Å². The molecule has 268 valence electrons. The Morgan fingerprint density at radius 3 is 2.24 bits per heavy atom. The number of Topliss-reactive ketones (excluding diaryl/α,β-unsaturated/α-hetero) is 2. The molecule has 0 bridgehead atoms. The molecule has 0 saturated heterocycles. The lowest BCUT2D eigenvalue weighted by Crippen LogP contribution is -2.65. The van der Waals surface area contributed by atoms with E-state index in [-0.39, 0.29) is 82.4 Å². The van der Waals surface area contributed by atoms with Crippen molar-refractivity contribution in [3.8, 4) is 0 Å². The molecule has 0 aliphatic heterocycles. The molecular weight excluding hydrogens is 634 g/mol. The van der Waals surface area contributed by atoms with Gasteiger partial charge in [0.1, 0.15) is 6.10 Å². The standard InChI is InChI=1S/C42H58ClNO5/c1-25(2)36-31(47)22-42(23-35(48)44-24-29(46)21-27-9-11-28(43)12-10-27)20-19-40(7)30(37(36)42)13-14-33-39(6)17-16-34(49-26(3)45)38(4,5)32(39)15-18-41(33,40)8/h9-12,25,30,32-34H,13-24H2,1-8H3,(H,44,48)/t30-,32+,33-,34+,39+,40-,41-,42+/m1/s1. The summed E-state index contributed by atoms with van der Waals surface area (Å²) in [7, 11) is 0. The lowest BCUT2D eigenvalue weighted by molar-refractivity contribution is -0.232. The summed E-state index contributed by atoms with van der Waals surface area (Å²) in [6.07, 6.45) is 9.05. The third-order valence-electron chi connectivity index (χ3n) is 15.1. The van der Waals surface area contributed by atoms with E-state index < -0.39 is 5.41 Å². The fourth-order valence-electron chi connectivity index (χ4n) is 12.8. The quantitative estimate of drug-likeness (QED) is 0.275. The van der Waals surface area contributed by atoms with Crippen molar-refractivity contribution in [2.24, 2.45) is 50.7 Å². The van der Waals surface area contributed by atoms with E-state index in [4.69, 9.17) is 16.3 Å². The Hall–Kier alpha value is -2.47. The van der Waals surface area contributed by atoms with Gasteiger partial charge >= 0.3 is 5.97 Å². The highest BCUT2D eigenvalue weighted by atomic mass is 35.5. The van der Waals surface area contributed by atoms with Gasteiger partial charge in [0.25, 0.3) is 0 Å². The van der Waals surface area contributed by atoms with E-state index in [1.165, 1.54) is 12.5 Å². The summed E-state index contributed by atoms with van der Waals surface area (Å²) in [6, 6.07) is 7.22. The number of esters is 1. The molecular formula is C42H58ClNO5. The van der Waals surface area contributed by atoms with Crippen LogP contribution in [0.4, 0.5) is 0 Å². The minimum Gasteiger partial charge on any atom is -0.462 e. The van der Waals surface area contributed by atoms with E-state index in [0.717, 1.165) is 62.5 Å². The summed E-state index contributed by atoms with van der Waals surface area (Å²) in [4.78, 5) is 52.5. The highest BCUT2D eigenvalue weighted by Crippen LogP contribution is 2.77. The van der Waals surface area contributed by atoms with E-state index in [2.05, 4.69) is 53.8 Å². The number of carbonyl (C=O) groups is 4. The Labute approximate surface area is 298 Å². The number of fused-ring (bicyclic) bond motifs is 7. The van der Waals surface area contributed by atoms with E-state index in [1.54, 1.807) is 12.1 Å². The van der Waals surface area contributed by atoms with Crippen LogP contribution in [0.5, 0.6) is 0 Å². The smallest absolute Gasteiger partial charge is 0.302 e. The van der Waals surface area contributed by atoms with Gasteiger partial charge in [0.15, 0.2) is 11.6 Å². The highest BCUT2D eigenvalue weighted by Gasteiger charge is 2.70. The lowest BCUT2D eigenvalue weighted by Gasteiger charge is -2.72. The molecule has 49 heavy (non-hydrogen) atoms. The van der Waals surface area contributed by atoms with E-state index in [1.807, 2.05) is 12.1 Å². The van der Waals surface area contributed by atoms with Gasteiger partial charge in [0.05, 0.1) is 6.54 Å². The molecule has 5 aliphatic carbocycles. The SMILES string of the molecule is CC(=O)O[C@H]1CC[C@]2(C)[C@H]3CC[C@@H]4C5=C(C(C)C)C(=O)C[C@]5(CC(=O)NCC(=O)Cc5ccc(Cl)cc5)CC[C@@]4(C)[C@]3(C)CC[C@H]2C1(C)C. The topological polar surface area (TPSA) is 89.5 Å². The van der Waals surface area contributed by atoms with Gasteiger partial charge in [-0.05, 0) is 115 Å². The molecule has 4 fully saturated rings. The predicted molar refractivity (Wildman–Crippen MR) is 193 cm³/mol. The van der Waals surface area contributed by atoms with Crippen molar-refractivity contribution >= 4 is 35.0 Å². The van der Waals surface area contributed by atoms with Crippen LogP contribution >= 0.6 is 11.6 Å². The number of benzene rings is 1. The van der Waals surface area contributed by atoms with Crippen LogP contribution in [0.1, 0.15) is 125 Å². The van der Waals surface area contributed by atoms with Gasteiger partial charge in [-0.2, -0.15) is 0 Å².